The van der Waals surface area contributed by atoms with Crippen molar-refractivity contribution in [2.24, 2.45) is 5.92 Å². The molecule has 1 unspecified atom stereocenters. The second-order valence-corrected chi connectivity index (χ2v) is 5.50. The number of rotatable bonds is 7. The minimum atomic E-state index is -0.819. The molecule has 2 aromatic rings. The van der Waals surface area contributed by atoms with Gasteiger partial charge in [-0.2, -0.15) is 0 Å². The minimum Gasteiger partial charge on any atom is -0.508 e. The molecule has 4 nitrogen and oxygen atoms in total. The highest BCUT2D eigenvalue weighted by molar-refractivity contribution is 5.70. The molecule has 22 heavy (non-hydrogen) atoms. The number of aryl methyl sites for hydroxylation is 1. The van der Waals surface area contributed by atoms with E-state index in [0.717, 1.165) is 24.1 Å². The van der Waals surface area contributed by atoms with Gasteiger partial charge in [-0.05, 0) is 55.0 Å². The number of nitrogens with two attached hydrogens (primary N) is 1. The molecule has 0 heterocycles. The first-order chi connectivity index (χ1) is 10.6. The van der Waals surface area contributed by atoms with Gasteiger partial charge in [0.15, 0.2) is 0 Å². The first kappa shape index (κ1) is 15.9. The number of aliphatic carboxylic acids is 1. The van der Waals surface area contributed by atoms with Crippen LogP contribution < -0.4 is 5.73 Å². The third kappa shape index (κ3) is 4.52. The van der Waals surface area contributed by atoms with Crippen LogP contribution in [0.1, 0.15) is 24.0 Å². The Labute approximate surface area is 130 Å². The molecule has 0 aliphatic rings. The van der Waals surface area contributed by atoms with Gasteiger partial charge >= 0.3 is 5.97 Å². The summed E-state index contributed by atoms with van der Waals surface area (Å²) in [6.45, 7) is 0. The average molecular weight is 299 g/mol. The Morgan fingerprint density at radius 1 is 1.09 bits per heavy atom. The normalized spacial score (nSPS) is 12.0. The first-order valence-electron chi connectivity index (χ1n) is 7.40. The summed E-state index contributed by atoms with van der Waals surface area (Å²) in [5, 5.41) is 19.1. The second-order valence-electron chi connectivity index (χ2n) is 5.50. The number of para-hydroxylation sites is 1. The van der Waals surface area contributed by atoms with Gasteiger partial charge in [0.25, 0.3) is 0 Å². The minimum absolute atomic E-state index is 0.160. The summed E-state index contributed by atoms with van der Waals surface area (Å²) in [7, 11) is 0. The van der Waals surface area contributed by atoms with Gasteiger partial charge in [-0.15, -0.1) is 0 Å². The number of carboxylic acids is 1. The van der Waals surface area contributed by atoms with Gasteiger partial charge < -0.3 is 15.9 Å². The smallest absolute Gasteiger partial charge is 0.306 e. The molecule has 0 saturated carbocycles. The fraction of sp³-hybridized carbons (Fsp3) is 0.278. The van der Waals surface area contributed by atoms with Crippen molar-refractivity contribution < 1.29 is 15.0 Å². The number of aromatic hydroxyl groups is 1. The molecule has 4 N–H and O–H groups in total. The van der Waals surface area contributed by atoms with E-state index in [4.69, 9.17) is 5.73 Å². The van der Waals surface area contributed by atoms with E-state index in [2.05, 4.69) is 0 Å². The zero-order chi connectivity index (χ0) is 15.9. The van der Waals surface area contributed by atoms with Crippen molar-refractivity contribution in [2.45, 2.75) is 25.7 Å². The summed E-state index contributed by atoms with van der Waals surface area (Å²) in [5.74, 6) is -1.14. The Balaban J connectivity index is 1.91. The molecule has 116 valence electrons. The highest BCUT2D eigenvalue weighted by atomic mass is 16.4. The molecule has 0 bridgehead atoms. The van der Waals surface area contributed by atoms with Crippen molar-refractivity contribution in [1.82, 2.24) is 0 Å². The Morgan fingerprint density at radius 2 is 1.77 bits per heavy atom. The molecule has 1 atom stereocenters. The lowest BCUT2D eigenvalue weighted by Gasteiger charge is -2.13. The fourth-order valence-electron chi connectivity index (χ4n) is 2.50. The Hall–Kier alpha value is -2.49. The molecule has 0 amide bonds. The number of phenolic OH excluding ortho intramolecular Hbond substituents is 1. The Kier molecular flexibility index (Phi) is 5.42. The summed E-state index contributed by atoms with van der Waals surface area (Å²) >= 11 is 0. The molecule has 2 rings (SSSR count). The van der Waals surface area contributed by atoms with Crippen LogP contribution in [-0.4, -0.2) is 16.2 Å². The van der Waals surface area contributed by atoms with Crippen LogP contribution in [0.15, 0.2) is 48.5 Å². The summed E-state index contributed by atoms with van der Waals surface area (Å²) in [5.41, 5.74) is 8.21. The maximum absolute atomic E-state index is 11.4. The number of nitrogen functional groups attached to an aromatic ring is 1. The molecule has 0 spiro atoms. The van der Waals surface area contributed by atoms with E-state index in [1.807, 2.05) is 30.3 Å². The van der Waals surface area contributed by atoms with Gasteiger partial charge in [0.1, 0.15) is 5.75 Å². The monoisotopic (exact) mass is 299 g/mol. The highest BCUT2D eigenvalue weighted by Crippen LogP contribution is 2.23. The predicted molar refractivity (Wildman–Crippen MR) is 86.7 cm³/mol. The molecular weight excluding hydrogens is 278 g/mol. The number of hydrogen-bond acceptors (Lipinski definition) is 3. The molecule has 0 saturated heterocycles. The van der Waals surface area contributed by atoms with Crippen LogP contribution in [0.5, 0.6) is 5.75 Å². The maximum atomic E-state index is 11.4. The van der Waals surface area contributed by atoms with E-state index in [0.29, 0.717) is 18.4 Å². The van der Waals surface area contributed by atoms with Gasteiger partial charge in [-0.1, -0.05) is 30.3 Å². The molecular formula is C18H21NO3. The van der Waals surface area contributed by atoms with Crippen molar-refractivity contribution in [3.63, 3.8) is 0 Å². The topological polar surface area (TPSA) is 83.5 Å². The van der Waals surface area contributed by atoms with Crippen molar-refractivity contribution in [2.75, 3.05) is 5.73 Å². The Bertz CT molecular complexity index is 622. The molecule has 0 aliphatic carbocycles. The standard InChI is InChI=1S/C18H21NO3/c19-16-10-8-13(9-11-16)4-3-6-15(18(21)22)12-14-5-1-2-7-17(14)20/h1-2,5,7-11,15,20H,3-4,6,12,19H2,(H,21,22). The zero-order valence-corrected chi connectivity index (χ0v) is 12.4. The summed E-state index contributed by atoms with van der Waals surface area (Å²) in [4.78, 5) is 11.4. The summed E-state index contributed by atoms with van der Waals surface area (Å²) < 4.78 is 0. The SMILES string of the molecule is Nc1ccc(CCCC(Cc2ccccc2O)C(=O)O)cc1. The largest absolute Gasteiger partial charge is 0.508 e. The van der Waals surface area contributed by atoms with Crippen molar-refractivity contribution >= 4 is 11.7 Å². The number of phenols is 1. The third-order valence-corrected chi connectivity index (χ3v) is 3.80. The quantitative estimate of drug-likeness (QED) is 0.685. The third-order valence-electron chi connectivity index (χ3n) is 3.80. The molecule has 4 heteroatoms. The number of anilines is 1. The van der Waals surface area contributed by atoms with Gasteiger partial charge in [-0.25, -0.2) is 0 Å². The van der Waals surface area contributed by atoms with Crippen LogP contribution in [0, 0.1) is 5.92 Å². The molecule has 0 aromatic heterocycles. The van der Waals surface area contributed by atoms with Crippen LogP contribution >= 0.6 is 0 Å². The van der Waals surface area contributed by atoms with E-state index in [9.17, 15) is 15.0 Å². The van der Waals surface area contributed by atoms with E-state index in [1.54, 1.807) is 18.2 Å². The Morgan fingerprint density at radius 3 is 2.41 bits per heavy atom. The summed E-state index contributed by atoms with van der Waals surface area (Å²) in [6.07, 6.45) is 2.54. The van der Waals surface area contributed by atoms with Gasteiger partial charge in [0, 0.05) is 5.69 Å². The van der Waals surface area contributed by atoms with Crippen LogP contribution in [0.2, 0.25) is 0 Å². The van der Waals surface area contributed by atoms with Crippen molar-refractivity contribution in [1.29, 1.82) is 0 Å². The number of hydrogen-bond donors (Lipinski definition) is 3. The van der Waals surface area contributed by atoms with Crippen LogP contribution in [0.3, 0.4) is 0 Å². The number of carboxylic acid groups (broad SMARTS) is 1. The van der Waals surface area contributed by atoms with E-state index < -0.39 is 11.9 Å². The fourth-order valence-corrected chi connectivity index (χ4v) is 2.50. The van der Waals surface area contributed by atoms with E-state index in [1.165, 1.54) is 0 Å². The zero-order valence-electron chi connectivity index (χ0n) is 12.4. The lowest BCUT2D eigenvalue weighted by atomic mass is 9.93. The number of benzene rings is 2. The molecule has 0 fully saturated rings. The number of carbonyl (C=O) groups is 1. The van der Waals surface area contributed by atoms with Gasteiger partial charge in [0.05, 0.1) is 5.92 Å². The predicted octanol–water partition coefficient (Wildman–Crippen LogP) is 3.24. The lowest BCUT2D eigenvalue weighted by molar-refractivity contribution is -0.141. The second kappa shape index (κ2) is 7.50. The maximum Gasteiger partial charge on any atom is 0.306 e. The van der Waals surface area contributed by atoms with Crippen molar-refractivity contribution in [3.8, 4) is 5.75 Å². The molecule has 0 radical (unpaired) electrons. The lowest BCUT2D eigenvalue weighted by Crippen LogP contribution is -2.16. The first-order valence-corrected chi connectivity index (χ1v) is 7.40. The summed E-state index contributed by atoms with van der Waals surface area (Å²) in [6, 6.07) is 14.5. The van der Waals surface area contributed by atoms with Crippen LogP contribution in [0.25, 0.3) is 0 Å². The van der Waals surface area contributed by atoms with Crippen LogP contribution in [0.4, 0.5) is 5.69 Å². The molecule has 0 aliphatic heterocycles. The van der Waals surface area contributed by atoms with Crippen LogP contribution in [-0.2, 0) is 17.6 Å². The van der Waals surface area contributed by atoms with Gasteiger partial charge in [0.2, 0.25) is 0 Å². The van der Waals surface area contributed by atoms with E-state index >= 15 is 0 Å². The highest BCUT2D eigenvalue weighted by Gasteiger charge is 2.19. The molecule has 2 aromatic carbocycles. The average Bonchev–Trinajstić information content (AvgIpc) is 2.50. The van der Waals surface area contributed by atoms with E-state index in [-0.39, 0.29) is 5.75 Å². The van der Waals surface area contributed by atoms with Crippen molar-refractivity contribution in [3.05, 3.63) is 59.7 Å². The van der Waals surface area contributed by atoms with Gasteiger partial charge in [-0.3, -0.25) is 4.79 Å².